The summed E-state index contributed by atoms with van der Waals surface area (Å²) >= 11 is 0. The number of rotatable bonds is 4. The molecule has 0 unspecified atom stereocenters. The maximum atomic E-state index is 4.91. The molecule has 0 radical (unpaired) electrons. The molecule has 2 aromatic heterocycles. The Hall–Kier alpha value is -1.70. The van der Waals surface area contributed by atoms with Gasteiger partial charge in [-0.1, -0.05) is 0 Å². The molecule has 7 nitrogen and oxygen atoms in total. The first-order valence-electron chi connectivity index (χ1n) is 8.81. The van der Waals surface area contributed by atoms with Crippen molar-refractivity contribution in [3.63, 3.8) is 0 Å². The molecule has 2 aliphatic heterocycles. The lowest BCUT2D eigenvalue weighted by atomic mass is 10.3. The van der Waals surface area contributed by atoms with Gasteiger partial charge >= 0.3 is 0 Å². The Bertz CT molecular complexity index is 681. The minimum atomic E-state index is 0.928. The molecule has 2 aliphatic rings. The zero-order chi connectivity index (χ0) is 16.5. The van der Waals surface area contributed by atoms with Gasteiger partial charge in [-0.05, 0) is 7.05 Å². The monoisotopic (exact) mass is 329 g/mol. The molecule has 0 atom stereocenters. The number of likely N-dealkylation sites (N-methyl/N-ethyl adjacent to an activating group) is 1. The molecule has 0 aromatic carbocycles. The van der Waals surface area contributed by atoms with E-state index < -0.39 is 0 Å². The second-order valence-corrected chi connectivity index (χ2v) is 7.15. The van der Waals surface area contributed by atoms with Gasteiger partial charge < -0.3 is 9.47 Å². The first kappa shape index (κ1) is 15.8. The van der Waals surface area contributed by atoms with E-state index in [1.54, 1.807) is 0 Å². The zero-order valence-corrected chi connectivity index (χ0v) is 14.7. The molecule has 0 spiro atoms. The Morgan fingerprint density at radius 1 is 0.917 bits per heavy atom. The highest BCUT2D eigenvalue weighted by atomic mass is 15.3. The van der Waals surface area contributed by atoms with Crippen molar-refractivity contribution in [3.05, 3.63) is 35.7 Å². The fourth-order valence-electron chi connectivity index (χ4n) is 3.62. The van der Waals surface area contributed by atoms with Crippen molar-refractivity contribution >= 4 is 0 Å². The van der Waals surface area contributed by atoms with Crippen LogP contribution in [0.2, 0.25) is 0 Å². The molecule has 2 aromatic rings. The summed E-state index contributed by atoms with van der Waals surface area (Å²) in [6.07, 6.45) is 6.31. The van der Waals surface area contributed by atoms with Gasteiger partial charge in [-0.15, -0.1) is 0 Å². The van der Waals surface area contributed by atoms with E-state index in [9.17, 15) is 0 Å². The second-order valence-electron chi connectivity index (χ2n) is 7.15. The minimum absolute atomic E-state index is 0.928. The molecule has 7 heteroatoms. The van der Waals surface area contributed by atoms with Crippen LogP contribution in [0.5, 0.6) is 0 Å². The van der Waals surface area contributed by atoms with E-state index >= 15 is 0 Å². The summed E-state index contributed by atoms with van der Waals surface area (Å²) in [5, 5.41) is 4.26. The topological polar surface area (TPSA) is 45.4 Å². The SMILES string of the molecule is CN1CCN(Cc2cn3c(n2)CN(Cc2cnn(C)c2)CC3)CC1. The van der Waals surface area contributed by atoms with Crippen molar-refractivity contribution in [2.24, 2.45) is 7.05 Å². The third-order valence-corrected chi connectivity index (χ3v) is 5.08. The molecule has 0 bridgehead atoms. The number of aromatic nitrogens is 4. The molecule has 1 saturated heterocycles. The summed E-state index contributed by atoms with van der Waals surface area (Å²) < 4.78 is 4.21. The van der Waals surface area contributed by atoms with Gasteiger partial charge in [-0.25, -0.2) is 4.98 Å². The predicted molar refractivity (Wildman–Crippen MR) is 92.3 cm³/mol. The van der Waals surface area contributed by atoms with Crippen molar-refractivity contribution in [2.75, 3.05) is 39.8 Å². The first-order valence-corrected chi connectivity index (χ1v) is 8.81. The van der Waals surface area contributed by atoms with E-state index in [0.717, 1.165) is 58.9 Å². The Labute approximate surface area is 143 Å². The van der Waals surface area contributed by atoms with Crippen LogP contribution in [-0.2, 0) is 33.2 Å². The van der Waals surface area contributed by atoms with Gasteiger partial charge in [0.25, 0.3) is 0 Å². The van der Waals surface area contributed by atoms with Crippen molar-refractivity contribution in [1.29, 1.82) is 0 Å². The van der Waals surface area contributed by atoms with Crippen LogP contribution < -0.4 is 0 Å². The van der Waals surface area contributed by atoms with E-state index in [4.69, 9.17) is 4.98 Å². The third-order valence-electron chi connectivity index (χ3n) is 5.08. The number of imidazole rings is 1. The van der Waals surface area contributed by atoms with Crippen LogP contribution in [-0.4, -0.2) is 73.8 Å². The average molecular weight is 329 g/mol. The normalized spacial score (nSPS) is 20.4. The van der Waals surface area contributed by atoms with Gasteiger partial charge in [0.2, 0.25) is 0 Å². The summed E-state index contributed by atoms with van der Waals surface area (Å²) in [7, 11) is 4.17. The summed E-state index contributed by atoms with van der Waals surface area (Å²) in [5.74, 6) is 1.20. The number of fused-ring (bicyclic) bond motifs is 1. The summed E-state index contributed by atoms with van der Waals surface area (Å²) in [6.45, 7) is 9.58. The quantitative estimate of drug-likeness (QED) is 0.811. The zero-order valence-electron chi connectivity index (χ0n) is 14.7. The van der Waals surface area contributed by atoms with Gasteiger partial charge in [-0.3, -0.25) is 14.5 Å². The van der Waals surface area contributed by atoms with Crippen LogP contribution >= 0.6 is 0 Å². The van der Waals surface area contributed by atoms with Crippen molar-refractivity contribution in [1.82, 2.24) is 34.0 Å². The van der Waals surface area contributed by atoms with Gasteiger partial charge in [-0.2, -0.15) is 5.10 Å². The lowest BCUT2D eigenvalue weighted by Crippen LogP contribution is -2.43. The highest BCUT2D eigenvalue weighted by molar-refractivity contribution is 5.08. The van der Waals surface area contributed by atoms with Crippen LogP contribution in [0.4, 0.5) is 0 Å². The number of aryl methyl sites for hydroxylation is 1. The highest BCUT2D eigenvalue weighted by Crippen LogP contribution is 2.16. The van der Waals surface area contributed by atoms with Crippen LogP contribution in [0.25, 0.3) is 0 Å². The van der Waals surface area contributed by atoms with E-state index in [-0.39, 0.29) is 0 Å². The number of hydrogen-bond donors (Lipinski definition) is 0. The molecule has 0 aliphatic carbocycles. The summed E-state index contributed by atoms with van der Waals surface area (Å²) in [5.41, 5.74) is 2.49. The van der Waals surface area contributed by atoms with Crippen molar-refractivity contribution in [2.45, 2.75) is 26.2 Å². The molecular formula is C17H27N7. The lowest BCUT2D eigenvalue weighted by molar-refractivity contribution is 0.147. The Morgan fingerprint density at radius 2 is 1.71 bits per heavy atom. The number of piperazine rings is 1. The van der Waals surface area contributed by atoms with E-state index in [1.165, 1.54) is 17.1 Å². The lowest BCUT2D eigenvalue weighted by Gasteiger charge is -2.31. The van der Waals surface area contributed by atoms with Gasteiger partial charge in [0, 0.05) is 77.4 Å². The molecule has 0 N–H and O–H groups in total. The molecule has 4 rings (SSSR count). The first-order chi connectivity index (χ1) is 11.7. The molecule has 130 valence electrons. The van der Waals surface area contributed by atoms with Crippen molar-refractivity contribution in [3.8, 4) is 0 Å². The molecule has 4 heterocycles. The highest BCUT2D eigenvalue weighted by Gasteiger charge is 2.21. The van der Waals surface area contributed by atoms with Gasteiger partial charge in [0.05, 0.1) is 18.4 Å². The Morgan fingerprint density at radius 3 is 2.46 bits per heavy atom. The number of nitrogens with zero attached hydrogens (tertiary/aromatic N) is 7. The van der Waals surface area contributed by atoms with Crippen LogP contribution in [0.1, 0.15) is 17.1 Å². The maximum Gasteiger partial charge on any atom is 0.123 e. The van der Waals surface area contributed by atoms with E-state index in [1.807, 2.05) is 17.9 Å². The average Bonchev–Trinajstić information content (AvgIpc) is 3.15. The van der Waals surface area contributed by atoms with E-state index in [0.29, 0.717) is 0 Å². The van der Waals surface area contributed by atoms with Crippen LogP contribution in [0.3, 0.4) is 0 Å². The fourth-order valence-corrected chi connectivity index (χ4v) is 3.62. The Kier molecular flexibility index (Phi) is 4.39. The second kappa shape index (κ2) is 6.66. The van der Waals surface area contributed by atoms with Gasteiger partial charge in [0.1, 0.15) is 5.82 Å². The molecule has 0 amide bonds. The standard InChI is InChI=1S/C17H27N7/c1-20-3-5-22(6-4-20)12-16-13-24-8-7-23(14-17(24)19-16)11-15-9-18-21(2)10-15/h9-10,13H,3-8,11-12,14H2,1-2H3. The van der Waals surface area contributed by atoms with Crippen LogP contribution in [0.15, 0.2) is 18.6 Å². The molecular weight excluding hydrogens is 302 g/mol. The maximum absolute atomic E-state index is 4.91. The summed E-state index contributed by atoms with van der Waals surface area (Å²) in [6, 6.07) is 0. The summed E-state index contributed by atoms with van der Waals surface area (Å²) in [4.78, 5) is 12.3. The molecule has 1 fully saturated rings. The van der Waals surface area contributed by atoms with Gasteiger partial charge in [0.15, 0.2) is 0 Å². The fraction of sp³-hybridized carbons (Fsp3) is 0.647. The number of hydrogen-bond acceptors (Lipinski definition) is 5. The minimum Gasteiger partial charge on any atom is -0.332 e. The largest absolute Gasteiger partial charge is 0.332 e. The predicted octanol–water partition coefficient (Wildman–Crippen LogP) is 0.380. The van der Waals surface area contributed by atoms with Crippen molar-refractivity contribution < 1.29 is 0 Å². The third kappa shape index (κ3) is 3.53. The van der Waals surface area contributed by atoms with E-state index in [2.05, 4.69) is 43.8 Å². The Balaban J connectivity index is 1.37. The molecule has 24 heavy (non-hydrogen) atoms. The smallest absolute Gasteiger partial charge is 0.123 e. The van der Waals surface area contributed by atoms with Crippen LogP contribution in [0, 0.1) is 0 Å². The molecule has 0 saturated carbocycles.